The summed E-state index contributed by atoms with van der Waals surface area (Å²) in [5.74, 6) is -0.248. The lowest BCUT2D eigenvalue weighted by molar-refractivity contribution is -0.0178. The number of carbonyl (C=O) groups is 1. The zero-order valence-electron chi connectivity index (χ0n) is 10.3. The number of hydrogen-bond donors (Lipinski definition) is 1. The van der Waals surface area contributed by atoms with Crippen LogP contribution in [0.1, 0.15) is 61.3 Å². The Labute approximate surface area is 99.7 Å². The summed E-state index contributed by atoms with van der Waals surface area (Å²) in [5, 5.41) is 13.0. The normalized spacial score (nSPS) is 16.2. The smallest absolute Gasteiger partial charge is 0.341 e. The number of carboxylic acids is 1. The molecule has 0 radical (unpaired) electrons. The van der Waals surface area contributed by atoms with E-state index in [1.54, 1.807) is 0 Å². The Morgan fingerprint density at radius 2 is 2.18 bits per heavy atom. The lowest BCUT2D eigenvalue weighted by Gasteiger charge is -2.18. The Morgan fingerprint density at radius 1 is 1.53 bits per heavy atom. The van der Waals surface area contributed by atoms with Crippen LogP contribution in [0.2, 0.25) is 0 Å². The van der Waals surface area contributed by atoms with Crippen molar-refractivity contribution in [2.24, 2.45) is 0 Å². The molecule has 1 saturated carbocycles. The van der Waals surface area contributed by atoms with Crippen molar-refractivity contribution in [1.29, 1.82) is 0 Å². The van der Waals surface area contributed by atoms with Crippen molar-refractivity contribution in [1.82, 2.24) is 5.16 Å². The van der Waals surface area contributed by atoms with Gasteiger partial charge in [-0.1, -0.05) is 5.16 Å². The van der Waals surface area contributed by atoms with Gasteiger partial charge in [0.25, 0.3) is 0 Å². The van der Waals surface area contributed by atoms with Gasteiger partial charge in [0, 0.05) is 5.92 Å². The lowest BCUT2D eigenvalue weighted by atomic mass is 10.1. The fraction of sp³-hybridized carbons (Fsp3) is 0.667. The molecule has 1 heterocycles. The molecule has 2 rings (SSSR count). The van der Waals surface area contributed by atoms with E-state index in [9.17, 15) is 9.90 Å². The van der Waals surface area contributed by atoms with Crippen molar-refractivity contribution >= 4 is 5.97 Å². The summed E-state index contributed by atoms with van der Waals surface area (Å²) < 4.78 is 10.7. The van der Waals surface area contributed by atoms with E-state index in [2.05, 4.69) is 5.16 Å². The van der Waals surface area contributed by atoms with Gasteiger partial charge in [-0.05, 0) is 33.6 Å². The first kappa shape index (κ1) is 12.1. The highest BCUT2D eigenvalue weighted by atomic mass is 16.5. The van der Waals surface area contributed by atoms with Gasteiger partial charge in [0.2, 0.25) is 0 Å². The van der Waals surface area contributed by atoms with E-state index in [1.807, 2.05) is 20.8 Å². The third-order valence-corrected chi connectivity index (χ3v) is 2.59. The number of ether oxygens (including phenoxy) is 1. The third kappa shape index (κ3) is 2.85. The summed E-state index contributed by atoms with van der Waals surface area (Å²) in [4.78, 5) is 11.2. The van der Waals surface area contributed by atoms with Gasteiger partial charge in [0.05, 0.1) is 12.2 Å². The Hall–Kier alpha value is -1.36. The molecule has 1 N–H and O–H groups in total. The highest BCUT2D eigenvalue weighted by Gasteiger charge is 2.35. The van der Waals surface area contributed by atoms with Crippen LogP contribution in [0, 0.1) is 0 Å². The van der Waals surface area contributed by atoms with Crippen molar-refractivity contribution < 1.29 is 19.2 Å². The number of carboxylic acid groups (broad SMARTS) is 1. The molecule has 0 bridgehead atoms. The van der Waals surface area contributed by atoms with Crippen LogP contribution < -0.4 is 0 Å². The van der Waals surface area contributed by atoms with Crippen molar-refractivity contribution in [2.75, 3.05) is 0 Å². The van der Waals surface area contributed by atoms with Crippen LogP contribution in [-0.2, 0) is 11.3 Å². The van der Waals surface area contributed by atoms with Gasteiger partial charge in [-0.2, -0.15) is 0 Å². The highest BCUT2D eigenvalue weighted by molar-refractivity contribution is 5.90. The first-order valence-electron chi connectivity index (χ1n) is 5.74. The topological polar surface area (TPSA) is 72.6 Å². The second-order valence-corrected chi connectivity index (χ2v) is 5.35. The molecule has 0 saturated heterocycles. The standard InChI is InChI=1S/C12H17NO4/c1-12(2,3)16-6-8-9(11(14)15)10(17-13-8)7-4-5-7/h7H,4-6H2,1-3H3,(H,14,15). The van der Waals surface area contributed by atoms with Crippen LogP contribution in [0.5, 0.6) is 0 Å². The van der Waals surface area contributed by atoms with Gasteiger partial charge in [0.1, 0.15) is 11.3 Å². The molecule has 0 atom stereocenters. The van der Waals surface area contributed by atoms with E-state index in [0.717, 1.165) is 12.8 Å². The maximum Gasteiger partial charge on any atom is 0.341 e. The molecule has 0 amide bonds. The van der Waals surface area contributed by atoms with Gasteiger partial charge in [0.15, 0.2) is 5.76 Å². The number of nitrogens with zero attached hydrogens (tertiary/aromatic N) is 1. The van der Waals surface area contributed by atoms with Crippen LogP contribution in [-0.4, -0.2) is 21.8 Å². The average Bonchev–Trinajstić information content (AvgIpc) is 2.94. The van der Waals surface area contributed by atoms with Crippen molar-refractivity contribution in [3.05, 3.63) is 17.0 Å². The molecular weight excluding hydrogens is 222 g/mol. The summed E-state index contributed by atoms with van der Waals surface area (Å²) >= 11 is 0. The number of hydrogen-bond acceptors (Lipinski definition) is 4. The minimum absolute atomic E-state index is 0.168. The molecule has 1 fully saturated rings. The van der Waals surface area contributed by atoms with Crippen molar-refractivity contribution in [3.8, 4) is 0 Å². The molecule has 0 aromatic carbocycles. The Morgan fingerprint density at radius 3 is 2.65 bits per heavy atom. The Bertz CT molecular complexity index is 426. The van der Waals surface area contributed by atoms with Gasteiger partial charge in [-0.25, -0.2) is 4.79 Å². The maximum absolute atomic E-state index is 11.2. The Kier molecular flexibility index (Phi) is 2.95. The largest absolute Gasteiger partial charge is 0.477 e. The summed E-state index contributed by atoms with van der Waals surface area (Å²) in [6.07, 6.45) is 1.96. The zero-order valence-corrected chi connectivity index (χ0v) is 10.3. The number of aromatic nitrogens is 1. The quantitative estimate of drug-likeness (QED) is 0.874. The predicted octanol–water partition coefficient (Wildman–Crippen LogP) is 2.57. The molecule has 17 heavy (non-hydrogen) atoms. The van der Waals surface area contributed by atoms with E-state index in [0.29, 0.717) is 11.5 Å². The highest BCUT2D eigenvalue weighted by Crippen LogP contribution is 2.42. The minimum atomic E-state index is -0.986. The van der Waals surface area contributed by atoms with Crippen molar-refractivity contribution in [3.63, 3.8) is 0 Å². The Balaban J connectivity index is 2.19. The number of rotatable bonds is 4. The molecule has 0 spiro atoms. The van der Waals surface area contributed by atoms with Gasteiger partial charge in [-0.3, -0.25) is 0 Å². The molecule has 5 heteroatoms. The van der Waals surface area contributed by atoms with Crippen LogP contribution in [0.3, 0.4) is 0 Å². The van der Waals surface area contributed by atoms with E-state index in [1.165, 1.54) is 0 Å². The van der Waals surface area contributed by atoms with E-state index in [-0.39, 0.29) is 23.7 Å². The third-order valence-electron chi connectivity index (χ3n) is 2.59. The predicted molar refractivity (Wildman–Crippen MR) is 60.0 cm³/mol. The fourth-order valence-electron chi connectivity index (χ4n) is 1.57. The molecule has 1 aliphatic rings. The first-order chi connectivity index (χ1) is 7.88. The molecule has 1 aromatic rings. The van der Waals surface area contributed by atoms with Crippen LogP contribution >= 0.6 is 0 Å². The summed E-state index contributed by atoms with van der Waals surface area (Å²) in [6, 6.07) is 0. The zero-order chi connectivity index (χ0) is 12.6. The SMILES string of the molecule is CC(C)(C)OCc1noc(C2CC2)c1C(=O)O. The van der Waals surface area contributed by atoms with E-state index in [4.69, 9.17) is 9.26 Å². The molecular formula is C12H17NO4. The van der Waals surface area contributed by atoms with Crippen LogP contribution in [0.4, 0.5) is 0 Å². The molecule has 5 nitrogen and oxygen atoms in total. The van der Waals surface area contributed by atoms with E-state index >= 15 is 0 Å². The minimum Gasteiger partial charge on any atom is -0.477 e. The van der Waals surface area contributed by atoms with Crippen LogP contribution in [0.15, 0.2) is 4.52 Å². The molecule has 0 aliphatic heterocycles. The second-order valence-electron chi connectivity index (χ2n) is 5.35. The molecule has 0 unspecified atom stereocenters. The molecule has 1 aliphatic carbocycles. The summed E-state index contributed by atoms with van der Waals surface area (Å²) in [6.45, 7) is 5.90. The maximum atomic E-state index is 11.2. The average molecular weight is 239 g/mol. The van der Waals surface area contributed by atoms with Crippen LogP contribution in [0.25, 0.3) is 0 Å². The fourth-order valence-corrected chi connectivity index (χ4v) is 1.57. The van der Waals surface area contributed by atoms with Gasteiger partial charge in [-0.15, -0.1) is 0 Å². The monoisotopic (exact) mass is 239 g/mol. The lowest BCUT2D eigenvalue weighted by Crippen LogP contribution is -2.19. The van der Waals surface area contributed by atoms with Gasteiger partial charge < -0.3 is 14.4 Å². The number of aromatic carboxylic acids is 1. The first-order valence-corrected chi connectivity index (χ1v) is 5.74. The second kappa shape index (κ2) is 4.14. The van der Waals surface area contributed by atoms with Gasteiger partial charge >= 0.3 is 5.97 Å². The summed E-state index contributed by atoms with van der Waals surface area (Å²) in [5.41, 5.74) is 0.250. The molecule has 1 aromatic heterocycles. The van der Waals surface area contributed by atoms with E-state index < -0.39 is 5.97 Å². The summed E-state index contributed by atoms with van der Waals surface area (Å²) in [7, 11) is 0. The van der Waals surface area contributed by atoms with Crippen molar-refractivity contribution in [2.45, 2.75) is 51.7 Å². The molecule has 94 valence electrons.